The molecule has 0 saturated heterocycles. The van der Waals surface area contributed by atoms with Gasteiger partial charge in [-0.25, -0.2) is 9.97 Å². The Hall–Kier alpha value is -2.43. The molecule has 134 valence electrons. The molecule has 2 rings (SSSR count). The summed E-state index contributed by atoms with van der Waals surface area (Å²) in [5, 5.41) is 6.16. The van der Waals surface area contributed by atoms with Crippen molar-refractivity contribution in [2.75, 3.05) is 17.2 Å². The Morgan fingerprint density at radius 2 is 1.84 bits per heavy atom. The Bertz CT molecular complexity index is 702. The van der Waals surface area contributed by atoms with Crippen LogP contribution in [0.5, 0.6) is 0 Å². The highest BCUT2D eigenvalue weighted by molar-refractivity contribution is 6.03. The van der Waals surface area contributed by atoms with Crippen LogP contribution in [0.1, 0.15) is 57.1 Å². The Morgan fingerprint density at radius 1 is 1.12 bits per heavy atom. The van der Waals surface area contributed by atoms with E-state index in [1.54, 1.807) is 6.20 Å². The first-order chi connectivity index (χ1) is 11.8. The van der Waals surface area contributed by atoms with Crippen molar-refractivity contribution in [1.29, 1.82) is 0 Å². The van der Waals surface area contributed by atoms with Gasteiger partial charge in [0.05, 0.1) is 12.4 Å². The zero-order valence-electron chi connectivity index (χ0n) is 15.8. The average Bonchev–Trinajstić information content (AvgIpc) is 2.54. The molecule has 2 aromatic rings. The summed E-state index contributed by atoms with van der Waals surface area (Å²) in [6.45, 7) is 11.6. The van der Waals surface area contributed by atoms with Crippen LogP contribution in [0.2, 0.25) is 0 Å². The fourth-order valence-corrected chi connectivity index (χ4v) is 2.46. The number of para-hydroxylation sites is 1. The normalized spacial score (nSPS) is 11.4. The third kappa shape index (κ3) is 5.55. The molecule has 0 aliphatic heterocycles. The van der Waals surface area contributed by atoms with Crippen LogP contribution in [0.25, 0.3) is 0 Å². The number of carbonyl (C=O) groups excluding carboxylic acids is 1. The lowest BCUT2D eigenvalue weighted by Gasteiger charge is -2.22. The first-order valence-electron chi connectivity index (χ1n) is 8.74. The highest BCUT2D eigenvalue weighted by atomic mass is 16.1. The van der Waals surface area contributed by atoms with Gasteiger partial charge in [-0.1, -0.05) is 52.8 Å². The first-order valence-corrected chi connectivity index (χ1v) is 8.74. The summed E-state index contributed by atoms with van der Waals surface area (Å²) in [5.41, 5.74) is 2.14. The summed E-state index contributed by atoms with van der Waals surface area (Å²) < 4.78 is 0. The van der Waals surface area contributed by atoms with Crippen molar-refractivity contribution in [1.82, 2.24) is 9.97 Å². The van der Waals surface area contributed by atoms with Crippen molar-refractivity contribution in [2.24, 2.45) is 5.92 Å². The average molecular weight is 340 g/mol. The van der Waals surface area contributed by atoms with Crippen molar-refractivity contribution in [3.8, 4) is 0 Å². The molecule has 1 aromatic heterocycles. The van der Waals surface area contributed by atoms with Gasteiger partial charge in [0, 0.05) is 12.2 Å². The lowest BCUT2D eigenvalue weighted by Crippen LogP contribution is -2.19. The second kappa shape index (κ2) is 8.10. The number of nitrogens with one attached hydrogen (secondary N) is 2. The van der Waals surface area contributed by atoms with Gasteiger partial charge in [0.15, 0.2) is 0 Å². The highest BCUT2D eigenvalue weighted by Crippen LogP contribution is 2.29. The number of nitrogens with zero attached hydrogens (tertiary/aromatic N) is 2. The molecule has 0 aliphatic carbocycles. The van der Waals surface area contributed by atoms with Crippen LogP contribution in [0, 0.1) is 5.92 Å². The van der Waals surface area contributed by atoms with Gasteiger partial charge in [0.2, 0.25) is 0 Å². The Balaban J connectivity index is 2.05. The zero-order valence-corrected chi connectivity index (χ0v) is 15.8. The summed E-state index contributed by atoms with van der Waals surface area (Å²) in [7, 11) is 0. The molecule has 2 N–H and O–H groups in total. The van der Waals surface area contributed by atoms with E-state index in [2.05, 4.69) is 55.2 Å². The number of amides is 1. The Kier molecular flexibility index (Phi) is 6.12. The second-order valence-corrected chi connectivity index (χ2v) is 7.65. The lowest BCUT2D eigenvalue weighted by atomic mass is 9.86. The monoisotopic (exact) mass is 340 g/mol. The summed E-state index contributed by atoms with van der Waals surface area (Å²) in [4.78, 5) is 21.0. The lowest BCUT2D eigenvalue weighted by molar-refractivity contribution is 0.102. The molecule has 0 bridgehead atoms. The fourth-order valence-electron chi connectivity index (χ4n) is 2.46. The van der Waals surface area contributed by atoms with Gasteiger partial charge < -0.3 is 10.6 Å². The number of carbonyl (C=O) groups is 1. The number of benzene rings is 1. The molecular weight excluding hydrogens is 312 g/mol. The molecule has 0 aliphatic rings. The molecule has 1 heterocycles. The third-order valence-electron chi connectivity index (χ3n) is 3.90. The minimum absolute atomic E-state index is 0.0558. The molecule has 0 saturated carbocycles. The molecule has 5 heteroatoms. The molecule has 0 fully saturated rings. The quantitative estimate of drug-likeness (QED) is 0.813. The largest absolute Gasteiger partial charge is 0.369 e. The van der Waals surface area contributed by atoms with Crippen molar-refractivity contribution in [2.45, 2.75) is 46.5 Å². The number of rotatable bonds is 6. The van der Waals surface area contributed by atoms with Gasteiger partial charge in [0.1, 0.15) is 11.5 Å². The third-order valence-corrected chi connectivity index (χ3v) is 3.90. The predicted octanol–water partition coefficient (Wildman–Crippen LogP) is 4.48. The summed E-state index contributed by atoms with van der Waals surface area (Å²) in [5.74, 6) is 1.07. The van der Waals surface area contributed by atoms with Gasteiger partial charge in [0.25, 0.3) is 5.91 Å². The van der Waals surface area contributed by atoms with E-state index in [1.165, 1.54) is 6.20 Å². The number of hydrogen-bond donors (Lipinski definition) is 2. The summed E-state index contributed by atoms with van der Waals surface area (Å²) in [6.07, 6.45) is 4.17. The number of aromatic nitrogens is 2. The molecule has 1 aromatic carbocycles. The molecule has 5 nitrogen and oxygen atoms in total. The molecule has 0 radical (unpaired) electrons. The highest BCUT2D eigenvalue weighted by Gasteiger charge is 2.19. The van der Waals surface area contributed by atoms with E-state index in [1.807, 2.05) is 24.3 Å². The van der Waals surface area contributed by atoms with Crippen LogP contribution in [0.15, 0.2) is 36.7 Å². The smallest absolute Gasteiger partial charge is 0.275 e. The minimum Gasteiger partial charge on any atom is -0.369 e. The minimum atomic E-state index is -0.252. The van der Waals surface area contributed by atoms with Gasteiger partial charge in [-0.2, -0.15) is 0 Å². The first kappa shape index (κ1) is 18.9. The van der Waals surface area contributed by atoms with Gasteiger partial charge in [-0.3, -0.25) is 4.79 Å². The Labute approximate surface area is 150 Å². The summed E-state index contributed by atoms with van der Waals surface area (Å²) >= 11 is 0. The van der Waals surface area contributed by atoms with Crippen LogP contribution < -0.4 is 10.6 Å². The van der Waals surface area contributed by atoms with Crippen LogP contribution in [-0.2, 0) is 5.41 Å². The van der Waals surface area contributed by atoms with Crippen LogP contribution >= 0.6 is 0 Å². The van der Waals surface area contributed by atoms with Gasteiger partial charge >= 0.3 is 0 Å². The van der Waals surface area contributed by atoms with E-state index in [4.69, 9.17) is 0 Å². The summed E-state index contributed by atoms with van der Waals surface area (Å²) in [6, 6.07) is 7.84. The van der Waals surface area contributed by atoms with E-state index in [0.717, 1.165) is 24.2 Å². The maximum absolute atomic E-state index is 12.5. The molecule has 0 unspecified atom stereocenters. The van der Waals surface area contributed by atoms with Gasteiger partial charge in [-0.15, -0.1) is 0 Å². The SMILES string of the molecule is CC(C)CCNc1cnc(C(=O)Nc2ccccc2C(C)(C)C)cn1. The van der Waals surface area contributed by atoms with E-state index < -0.39 is 0 Å². The molecule has 25 heavy (non-hydrogen) atoms. The van der Waals surface area contributed by atoms with E-state index in [-0.39, 0.29) is 11.3 Å². The molecule has 0 spiro atoms. The number of hydrogen-bond acceptors (Lipinski definition) is 4. The van der Waals surface area contributed by atoms with E-state index in [9.17, 15) is 4.79 Å². The molecule has 1 amide bonds. The standard InChI is InChI=1S/C20H28N4O/c1-14(2)10-11-21-18-13-22-17(12-23-18)19(25)24-16-9-7-6-8-15(16)20(3,4)5/h6-9,12-14H,10-11H2,1-5H3,(H,21,23)(H,24,25). The fraction of sp³-hybridized carbons (Fsp3) is 0.450. The predicted molar refractivity (Wildman–Crippen MR) is 103 cm³/mol. The van der Waals surface area contributed by atoms with Crippen LogP contribution in [0.4, 0.5) is 11.5 Å². The van der Waals surface area contributed by atoms with Crippen molar-refractivity contribution < 1.29 is 4.79 Å². The van der Waals surface area contributed by atoms with E-state index >= 15 is 0 Å². The maximum atomic E-state index is 12.5. The molecule has 0 atom stereocenters. The van der Waals surface area contributed by atoms with Crippen LogP contribution in [-0.4, -0.2) is 22.4 Å². The zero-order chi connectivity index (χ0) is 18.4. The van der Waals surface area contributed by atoms with Crippen molar-refractivity contribution in [3.63, 3.8) is 0 Å². The topological polar surface area (TPSA) is 66.9 Å². The molecular formula is C20H28N4O. The van der Waals surface area contributed by atoms with Crippen LogP contribution in [0.3, 0.4) is 0 Å². The van der Waals surface area contributed by atoms with Crippen molar-refractivity contribution >= 4 is 17.4 Å². The van der Waals surface area contributed by atoms with E-state index in [0.29, 0.717) is 17.4 Å². The number of anilines is 2. The Morgan fingerprint density at radius 3 is 2.44 bits per heavy atom. The van der Waals surface area contributed by atoms with Gasteiger partial charge in [-0.05, 0) is 29.4 Å². The maximum Gasteiger partial charge on any atom is 0.275 e. The van der Waals surface area contributed by atoms with Crippen molar-refractivity contribution in [3.05, 3.63) is 47.9 Å². The second-order valence-electron chi connectivity index (χ2n) is 7.65.